The highest BCUT2D eigenvalue weighted by Crippen LogP contribution is 2.30. The van der Waals surface area contributed by atoms with Crippen LogP contribution in [0.25, 0.3) is 0 Å². The molecular formula is C13H21NOS. The molecule has 3 heteroatoms. The Hall–Kier alpha value is -0.380. The van der Waals surface area contributed by atoms with Crippen LogP contribution in [0.2, 0.25) is 0 Å². The first-order valence-electron chi connectivity index (χ1n) is 6.17. The van der Waals surface area contributed by atoms with Crippen molar-refractivity contribution < 1.29 is 4.74 Å². The van der Waals surface area contributed by atoms with E-state index in [0.717, 1.165) is 25.7 Å². The molecule has 0 aliphatic carbocycles. The fraction of sp³-hybridized carbons (Fsp3) is 0.692. The summed E-state index contributed by atoms with van der Waals surface area (Å²) in [5.74, 6) is 0.742. The Morgan fingerprint density at radius 1 is 1.56 bits per heavy atom. The normalized spacial score (nSPS) is 22.5. The van der Waals surface area contributed by atoms with Gasteiger partial charge in [-0.3, -0.25) is 0 Å². The lowest BCUT2D eigenvalue weighted by Crippen LogP contribution is -2.22. The van der Waals surface area contributed by atoms with Crippen LogP contribution in [-0.2, 0) is 4.74 Å². The molecule has 1 saturated heterocycles. The number of hydrogen-bond donors (Lipinski definition) is 1. The zero-order valence-corrected chi connectivity index (χ0v) is 11.0. The Morgan fingerprint density at radius 2 is 2.44 bits per heavy atom. The molecule has 0 radical (unpaired) electrons. The van der Waals surface area contributed by atoms with Gasteiger partial charge in [0.25, 0.3) is 0 Å². The van der Waals surface area contributed by atoms with Gasteiger partial charge in [-0.2, -0.15) is 0 Å². The smallest absolute Gasteiger partial charge is 0.0495 e. The molecule has 0 saturated carbocycles. The second kappa shape index (κ2) is 5.80. The molecular weight excluding hydrogens is 218 g/mol. The number of thiophene rings is 1. The minimum absolute atomic E-state index is 0.524. The van der Waals surface area contributed by atoms with Gasteiger partial charge in [-0.05, 0) is 44.4 Å². The van der Waals surface area contributed by atoms with Gasteiger partial charge in [0.15, 0.2) is 0 Å². The van der Waals surface area contributed by atoms with E-state index in [0.29, 0.717) is 6.04 Å². The SMILES string of the molecule is CCNC(CC1CCOC1)c1ccc(C)s1. The lowest BCUT2D eigenvalue weighted by molar-refractivity contribution is 0.181. The number of hydrogen-bond acceptors (Lipinski definition) is 3. The molecule has 2 unspecified atom stereocenters. The summed E-state index contributed by atoms with van der Waals surface area (Å²) in [6.07, 6.45) is 2.44. The van der Waals surface area contributed by atoms with Crippen molar-refractivity contribution in [2.45, 2.75) is 32.7 Å². The molecule has 2 atom stereocenters. The predicted molar refractivity (Wildman–Crippen MR) is 69.0 cm³/mol. The first-order valence-corrected chi connectivity index (χ1v) is 6.98. The molecule has 1 aliphatic heterocycles. The van der Waals surface area contributed by atoms with Gasteiger partial charge in [-0.1, -0.05) is 6.92 Å². The van der Waals surface area contributed by atoms with E-state index < -0.39 is 0 Å². The van der Waals surface area contributed by atoms with E-state index in [4.69, 9.17) is 4.74 Å². The van der Waals surface area contributed by atoms with E-state index in [1.165, 1.54) is 22.6 Å². The second-order valence-corrected chi connectivity index (χ2v) is 5.84. The molecule has 0 bridgehead atoms. The topological polar surface area (TPSA) is 21.3 Å². The number of ether oxygens (including phenoxy) is 1. The van der Waals surface area contributed by atoms with E-state index in [2.05, 4.69) is 31.3 Å². The van der Waals surface area contributed by atoms with Crippen LogP contribution in [0, 0.1) is 12.8 Å². The maximum Gasteiger partial charge on any atom is 0.0495 e. The summed E-state index contributed by atoms with van der Waals surface area (Å²) in [4.78, 5) is 2.88. The highest BCUT2D eigenvalue weighted by molar-refractivity contribution is 7.12. The van der Waals surface area contributed by atoms with Gasteiger partial charge in [0.2, 0.25) is 0 Å². The molecule has 90 valence electrons. The third-order valence-electron chi connectivity index (χ3n) is 3.15. The number of aryl methyl sites for hydroxylation is 1. The summed E-state index contributed by atoms with van der Waals surface area (Å²) >= 11 is 1.92. The standard InChI is InChI=1S/C13H21NOS/c1-3-14-12(8-11-6-7-15-9-11)13-5-4-10(2)16-13/h4-5,11-12,14H,3,6-9H2,1-2H3. The zero-order valence-electron chi connectivity index (χ0n) is 10.2. The molecule has 0 aromatic carbocycles. The summed E-state index contributed by atoms with van der Waals surface area (Å²) in [7, 11) is 0. The first-order chi connectivity index (χ1) is 7.79. The third-order valence-corrected chi connectivity index (χ3v) is 4.26. The minimum atomic E-state index is 0.524. The average Bonchev–Trinajstić information content (AvgIpc) is 2.88. The average molecular weight is 239 g/mol. The lowest BCUT2D eigenvalue weighted by atomic mass is 9.98. The van der Waals surface area contributed by atoms with Crippen LogP contribution in [-0.4, -0.2) is 19.8 Å². The van der Waals surface area contributed by atoms with Crippen molar-refractivity contribution in [3.05, 3.63) is 21.9 Å². The first kappa shape index (κ1) is 12.1. The van der Waals surface area contributed by atoms with Crippen LogP contribution in [0.1, 0.15) is 35.6 Å². The largest absolute Gasteiger partial charge is 0.381 e. The van der Waals surface area contributed by atoms with Crippen LogP contribution >= 0.6 is 11.3 Å². The Morgan fingerprint density at radius 3 is 3.00 bits per heavy atom. The molecule has 1 aromatic heterocycles. The summed E-state index contributed by atoms with van der Waals surface area (Å²) in [5.41, 5.74) is 0. The van der Waals surface area contributed by atoms with Gasteiger partial charge in [-0.25, -0.2) is 0 Å². The maximum absolute atomic E-state index is 5.45. The van der Waals surface area contributed by atoms with Crippen molar-refractivity contribution in [2.75, 3.05) is 19.8 Å². The van der Waals surface area contributed by atoms with E-state index in [1.54, 1.807) is 0 Å². The summed E-state index contributed by atoms with van der Waals surface area (Å²) in [6.45, 7) is 7.29. The van der Waals surface area contributed by atoms with Crippen LogP contribution in [0.4, 0.5) is 0 Å². The molecule has 2 nitrogen and oxygen atoms in total. The molecule has 1 N–H and O–H groups in total. The fourth-order valence-corrected chi connectivity index (χ4v) is 3.26. The van der Waals surface area contributed by atoms with Crippen molar-refractivity contribution in [1.82, 2.24) is 5.32 Å². The highest BCUT2D eigenvalue weighted by Gasteiger charge is 2.22. The van der Waals surface area contributed by atoms with Crippen LogP contribution in [0.3, 0.4) is 0 Å². The Labute approximate surface area is 102 Å². The van der Waals surface area contributed by atoms with E-state index in [9.17, 15) is 0 Å². The third kappa shape index (κ3) is 3.06. The lowest BCUT2D eigenvalue weighted by Gasteiger charge is -2.19. The number of rotatable bonds is 5. The molecule has 0 spiro atoms. The van der Waals surface area contributed by atoms with Crippen LogP contribution in [0.5, 0.6) is 0 Å². The van der Waals surface area contributed by atoms with Crippen molar-refractivity contribution in [3.8, 4) is 0 Å². The van der Waals surface area contributed by atoms with Crippen LogP contribution in [0.15, 0.2) is 12.1 Å². The molecule has 0 amide bonds. The van der Waals surface area contributed by atoms with Gasteiger partial charge in [0, 0.05) is 29.0 Å². The van der Waals surface area contributed by atoms with Crippen LogP contribution < -0.4 is 5.32 Å². The van der Waals surface area contributed by atoms with E-state index in [1.807, 2.05) is 11.3 Å². The predicted octanol–water partition coefficient (Wildman–Crippen LogP) is 3.13. The summed E-state index contributed by atoms with van der Waals surface area (Å²) < 4.78 is 5.45. The summed E-state index contributed by atoms with van der Waals surface area (Å²) in [5, 5.41) is 3.59. The van der Waals surface area contributed by atoms with Crippen molar-refractivity contribution >= 4 is 11.3 Å². The second-order valence-electron chi connectivity index (χ2n) is 4.52. The van der Waals surface area contributed by atoms with Gasteiger partial charge < -0.3 is 10.1 Å². The molecule has 1 aromatic rings. The van der Waals surface area contributed by atoms with Gasteiger partial charge in [0.1, 0.15) is 0 Å². The van der Waals surface area contributed by atoms with Gasteiger partial charge >= 0.3 is 0 Å². The fourth-order valence-electron chi connectivity index (χ4n) is 2.29. The van der Waals surface area contributed by atoms with Gasteiger partial charge in [0.05, 0.1) is 0 Å². The Bertz CT molecular complexity index is 317. The van der Waals surface area contributed by atoms with E-state index in [-0.39, 0.29) is 0 Å². The zero-order chi connectivity index (χ0) is 11.4. The monoisotopic (exact) mass is 239 g/mol. The highest BCUT2D eigenvalue weighted by atomic mass is 32.1. The minimum Gasteiger partial charge on any atom is -0.381 e. The molecule has 2 rings (SSSR count). The maximum atomic E-state index is 5.45. The van der Waals surface area contributed by atoms with Crippen molar-refractivity contribution in [3.63, 3.8) is 0 Å². The van der Waals surface area contributed by atoms with Crippen molar-refractivity contribution in [2.24, 2.45) is 5.92 Å². The Kier molecular flexibility index (Phi) is 4.38. The summed E-state index contributed by atoms with van der Waals surface area (Å²) in [6, 6.07) is 5.01. The quantitative estimate of drug-likeness (QED) is 0.852. The number of nitrogens with one attached hydrogen (secondary N) is 1. The molecule has 1 fully saturated rings. The molecule has 16 heavy (non-hydrogen) atoms. The van der Waals surface area contributed by atoms with E-state index >= 15 is 0 Å². The molecule has 1 aliphatic rings. The molecule has 2 heterocycles. The van der Waals surface area contributed by atoms with Crippen molar-refractivity contribution in [1.29, 1.82) is 0 Å². The Balaban J connectivity index is 1.98. The van der Waals surface area contributed by atoms with Gasteiger partial charge in [-0.15, -0.1) is 11.3 Å².